The van der Waals surface area contributed by atoms with E-state index < -0.39 is 0 Å². The fourth-order valence-electron chi connectivity index (χ4n) is 3.09. The van der Waals surface area contributed by atoms with Crippen molar-refractivity contribution in [2.45, 2.75) is 32.1 Å². The van der Waals surface area contributed by atoms with Crippen LogP contribution in [-0.4, -0.2) is 12.5 Å². The van der Waals surface area contributed by atoms with Crippen LogP contribution in [-0.2, 0) is 4.79 Å². The summed E-state index contributed by atoms with van der Waals surface area (Å²) in [5.74, 6) is 0.679. The highest BCUT2D eigenvalue weighted by Crippen LogP contribution is 2.53. The maximum Gasteiger partial charge on any atom is 0.226 e. The molecule has 16 heavy (non-hydrogen) atoms. The van der Waals surface area contributed by atoms with Crippen LogP contribution in [0.2, 0.25) is 0 Å². The van der Waals surface area contributed by atoms with Crippen LogP contribution in [0.1, 0.15) is 36.3 Å². The minimum Gasteiger partial charge on any atom is -0.355 e. The highest BCUT2D eigenvalue weighted by Gasteiger charge is 2.54. The lowest BCUT2D eigenvalue weighted by Gasteiger charge is -2.40. The molecule has 3 rings (SSSR count). The minimum atomic E-state index is -0.0603. The lowest BCUT2D eigenvalue weighted by atomic mass is 9.61. The van der Waals surface area contributed by atoms with E-state index in [-0.39, 0.29) is 11.3 Å². The van der Waals surface area contributed by atoms with Crippen LogP contribution in [0.25, 0.3) is 0 Å². The number of amides is 1. The van der Waals surface area contributed by atoms with Gasteiger partial charge >= 0.3 is 0 Å². The van der Waals surface area contributed by atoms with Gasteiger partial charge in [-0.25, -0.2) is 0 Å². The number of hydrogen-bond acceptors (Lipinski definition) is 1. The molecule has 2 aliphatic rings. The first-order chi connectivity index (χ1) is 7.72. The smallest absolute Gasteiger partial charge is 0.226 e. The van der Waals surface area contributed by atoms with Gasteiger partial charge in [0.25, 0.3) is 0 Å². The zero-order valence-corrected chi connectivity index (χ0v) is 9.62. The third-order valence-corrected chi connectivity index (χ3v) is 4.31. The predicted molar refractivity (Wildman–Crippen MR) is 63.2 cm³/mol. The molecule has 1 amide bonds. The number of rotatable bonds is 1. The van der Waals surface area contributed by atoms with Crippen LogP contribution in [0, 0.1) is 12.3 Å². The second kappa shape index (κ2) is 3.34. The summed E-state index contributed by atoms with van der Waals surface area (Å²) in [4.78, 5) is 11.9. The maximum atomic E-state index is 11.9. The van der Waals surface area contributed by atoms with E-state index in [1.54, 1.807) is 0 Å². The topological polar surface area (TPSA) is 29.1 Å². The Morgan fingerprint density at radius 2 is 1.94 bits per heavy atom. The van der Waals surface area contributed by atoms with Gasteiger partial charge in [-0.05, 0) is 25.3 Å². The summed E-state index contributed by atoms with van der Waals surface area (Å²) in [5.41, 5.74) is 2.54. The first-order valence-electron chi connectivity index (χ1n) is 6.07. The largest absolute Gasteiger partial charge is 0.355 e. The van der Waals surface area contributed by atoms with E-state index in [0.717, 1.165) is 19.4 Å². The van der Waals surface area contributed by atoms with Crippen LogP contribution in [0.5, 0.6) is 0 Å². The van der Waals surface area contributed by atoms with Crippen molar-refractivity contribution in [3.05, 3.63) is 35.4 Å². The lowest BCUT2D eigenvalue weighted by molar-refractivity contribution is -0.132. The van der Waals surface area contributed by atoms with E-state index in [0.29, 0.717) is 5.92 Å². The van der Waals surface area contributed by atoms with Gasteiger partial charge in [0.2, 0.25) is 5.91 Å². The molecule has 1 atom stereocenters. The van der Waals surface area contributed by atoms with E-state index in [1.165, 1.54) is 17.5 Å². The molecule has 0 radical (unpaired) electrons. The van der Waals surface area contributed by atoms with Gasteiger partial charge in [0.1, 0.15) is 0 Å². The van der Waals surface area contributed by atoms with Crippen LogP contribution >= 0.6 is 0 Å². The Kier molecular flexibility index (Phi) is 2.06. The van der Waals surface area contributed by atoms with E-state index in [2.05, 4.69) is 36.5 Å². The second-order valence-corrected chi connectivity index (χ2v) is 5.18. The summed E-state index contributed by atoms with van der Waals surface area (Å²) >= 11 is 0. The molecule has 2 nitrogen and oxygen atoms in total. The molecule has 1 N–H and O–H groups in total. The molecular weight excluding hydrogens is 198 g/mol. The molecule has 2 heteroatoms. The molecule has 1 saturated carbocycles. The van der Waals surface area contributed by atoms with Crippen LogP contribution in [0.15, 0.2) is 24.3 Å². The Hall–Kier alpha value is -1.31. The fraction of sp³-hybridized carbons (Fsp3) is 0.500. The van der Waals surface area contributed by atoms with Crippen molar-refractivity contribution >= 4 is 5.91 Å². The third-order valence-electron chi connectivity index (χ3n) is 4.31. The monoisotopic (exact) mass is 215 g/mol. The molecule has 1 aromatic rings. The first-order valence-corrected chi connectivity index (χ1v) is 6.07. The van der Waals surface area contributed by atoms with Crippen LogP contribution < -0.4 is 5.32 Å². The SMILES string of the molecule is Cc1ccc(C2CNC(=O)C23CCC3)cc1. The number of carbonyl (C=O) groups excluding carboxylic acids is 1. The number of nitrogens with one attached hydrogen (secondary N) is 1. The zero-order chi connectivity index (χ0) is 11.2. The average molecular weight is 215 g/mol. The molecule has 1 unspecified atom stereocenters. The molecule has 1 saturated heterocycles. The molecule has 0 aromatic heterocycles. The van der Waals surface area contributed by atoms with Gasteiger partial charge in [0.05, 0.1) is 5.41 Å². The summed E-state index contributed by atoms with van der Waals surface area (Å²) in [6.07, 6.45) is 3.34. The van der Waals surface area contributed by atoms with Crippen molar-refractivity contribution in [2.75, 3.05) is 6.54 Å². The second-order valence-electron chi connectivity index (χ2n) is 5.18. The first kappa shape index (κ1) is 9.88. The van der Waals surface area contributed by atoms with E-state index >= 15 is 0 Å². The number of hydrogen-bond donors (Lipinski definition) is 1. The molecule has 1 aromatic carbocycles. The number of aryl methyl sites for hydroxylation is 1. The Labute approximate surface area is 96.1 Å². The minimum absolute atomic E-state index is 0.0603. The molecule has 1 aliphatic carbocycles. The molecule has 0 bridgehead atoms. The van der Waals surface area contributed by atoms with E-state index in [1.807, 2.05) is 0 Å². The molecular formula is C14H17NO. The maximum absolute atomic E-state index is 11.9. The summed E-state index contributed by atoms with van der Waals surface area (Å²) in [5, 5.41) is 3.04. The van der Waals surface area contributed by atoms with Crippen molar-refractivity contribution in [1.82, 2.24) is 5.32 Å². The number of benzene rings is 1. The molecule has 1 heterocycles. The normalized spacial score (nSPS) is 26.6. The van der Waals surface area contributed by atoms with Gasteiger partial charge < -0.3 is 5.32 Å². The highest BCUT2D eigenvalue weighted by molar-refractivity contribution is 5.87. The van der Waals surface area contributed by atoms with Gasteiger partial charge in [-0.1, -0.05) is 36.2 Å². The fourth-order valence-corrected chi connectivity index (χ4v) is 3.09. The van der Waals surface area contributed by atoms with Crippen molar-refractivity contribution in [1.29, 1.82) is 0 Å². The molecule has 84 valence electrons. The summed E-state index contributed by atoms with van der Waals surface area (Å²) < 4.78 is 0. The van der Waals surface area contributed by atoms with Gasteiger partial charge in [-0.3, -0.25) is 4.79 Å². The Balaban J connectivity index is 1.95. The molecule has 2 fully saturated rings. The number of carbonyl (C=O) groups is 1. The highest BCUT2D eigenvalue weighted by atomic mass is 16.2. The summed E-state index contributed by atoms with van der Waals surface area (Å²) in [7, 11) is 0. The van der Waals surface area contributed by atoms with Crippen LogP contribution in [0.3, 0.4) is 0 Å². The van der Waals surface area contributed by atoms with Gasteiger partial charge in [0, 0.05) is 12.5 Å². The Morgan fingerprint density at radius 3 is 2.50 bits per heavy atom. The van der Waals surface area contributed by atoms with Gasteiger partial charge in [-0.15, -0.1) is 0 Å². The average Bonchev–Trinajstić information content (AvgIpc) is 2.56. The molecule has 1 aliphatic heterocycles. The Bertz CT molecular complexity index is 417. The van der Waals surface area contributed by atoms with Crippen molar-refractivity contribution in [3.63, 3.8) is 0 Å². The van der Waals surface area contributed by atoms with Crippen LogP contribution in [0.4, 0.5) is 0 Å². The van der Waals surface area contributed by atoms with Gasteiger partial charge in [-0.2, -0.15) is 0 Å². The van der Waals surface area contributed by atoms with E-state index in [4.69, 9.17) is 0 Å². The van der Waals surface area contributed by atoms with Crippen molar-refractivity contribution in [3.8, 4) is 0 Å². The van der Waals surface area contributed by atoms with Crippen molar-refractivity contribution in [2.24, 2.45) is 5.41 Å². The van der Waals surface area contributed by atoms with Gasteiger partial charge in [0.15, 0.2) is 0 Å². The molecule has 1 spiro atoms. The third kappa shape index (κ3) is 1.22. The van der Waals surface area contributed by atoms with Crippen molar-refractivity contribution < 1.29 is 4.79 Å². The lowest BCUT2D eigenvalue weighted by Crippen LogP contribution is -2.40. The standard InChI is InChI=1S/C14H17NO/c1-10-3-5-11(6-4-10)12-9-15-13(16)14(12)7-2-8-14/h3-6,12H,2,7-9H2,1H3,(H,15,16). The zero-order valence-electron chi connectivity index (χ0n) is 9.62. The summed E-state index contributed by atoms with van der Waals surface area (Å²) in [6.45, 7) is 2.92. The Morgan fingerprint density at radius 1 is 1.25 bits per heavy atom. The summed E-state index contributed by atoms with van der Waals surface area (Å²) in [6, 6.07) is 8.65. The predicted octanol–water partition coefficient (Wildman–Crippen LogP) is 2.38. The van der Waals surface area contributed by atoms with E-state index in [9.17, 15) is 4.79 Å². The quantitative estimate of drug-likeness (QED) is 0.765.